The number of aryl methyl sites for hydroxylation is 2. The number of benzene rings is 3. The Labute approximate surface area is 213 Å². The highest BCUT2D eigenvalue weighted by molar-refractivity contribution is 7.92. The molecule has 1 N–H and O–H groups in total. The first-order chi connectivity index (χ1) is 16.7. The topological polar surface area (TPSA) is 66.5 Å². The van der Waals surface area contributed by atoms with Gasteiger partial charge in [0.25, 0.3) is 5.91 Å². The molecule has 0 saturated heterocycles. The molecule has 4 rings (SSSR count). The van der Waals surface area contributed by atoms with Crippen molar-refractivity contribution in [3.8, 4) is 0 Å². The normalized spacial score (nSPS) is 14.1. The van der Waals surface area contributed by atoms with Gasteiger partial charge in [0.15, 0.2) is 0 Å². The minimum atomic E-state index is -3.53. The van der Waals surface area contributed by atoms with E-state index in [0.717, 1.165) is 30.4 Å². The van der Waals surface area contributed by atoms with E-state index in [9.17, 15) is 13.2 Å². The largest absolute Gasteiger partial charge is 0.345 e. The molecule has 0 heterocycles. The summed E-state index contributed by atoms with van der Waals surface area (Å²) in [5, 5.41) is 3.74. The van der Waals surface area contributed by atoms with E-state index in [-0.39, 0.29) is 18.5 Å². The molecule has 0 saturated carbocycles. The average Bonchev–Trinajstić information content (AvgIpc) is 2.86. The summed E-state index contributed by atoms with van der Waals surface area (Å²) in [6.45, 7) is 2.24. The summed E-state index contributed by atoms with van der Waals surface area (Å²) in [6, 6.07) is 20.2. The molecule has 1 aliphatic rings. The van der Waals surface area contributed by atoms with Crippen molar-refractivity contribution in [1.82, 2.24) is 5.32 Å². The number of amides is 1. The van der Waals surface area contributed by atoms with Crippen molar-refractivity contribution in [2.24, 2.45) is 0 Å². The van der Waals surface area contributed by atoms with Crippen LogP contribution in [0.1, 0.15) is 64.8 Å². The zero-order chi connectivity index (χ0) is 25.0. The predicted molar refractivity (Wildman–Crippen MR) is 143 cm³/mol. The van der Waals surface area contributed by atoms with E-state index in [0.29, 0.717) is 16.3 Å². The van der Waals surface area contributed by atoms with Crippen molar-refractivity contribution in [2.75, 3.05) is 10.6 Å². The van der Waals surface area contributed by atoms with Gasteiger partial charge in [-0.3, -0.25) is 9.10 Å². The number of carbonyl (C=O) groups is 1. The summed E-state index contributed by atoms with van der Waals surface area (Å²) in [5.41, 5.74) is 5.76. The number of fused-ring (bicyclic) bond motifs is 1. The van der Waals surface area contributed by atoms with E-state index in [4.69, 9.17) is 11.6 Å². The average molecular weight is 511 g/mol. The lowest BCUT2D eigenvalue weighted by molar-refractivity contribution is 0.0935. The number of sulfonamides is 1. The first-order valence-corrected chi connectivity index (χ1v) is 14.2. The fourth-order valence-corrected chi connectivity index (χ4v) is 5.58. The standard InChI is InChI=1S/C28H31ClN2O3S/c1-3-27(24-11-10-21-6-4-5-7-23(21)18-24)30-28(32)22-12-16-26(17-13-22)31(35(2,33)34)19-20-8-14-25(29)15-9-20/h8-18,27H,3-7,19H2,1-2H3,(H,30,32)/t27-/m1/s1. The van der Waals surface area contributed by atoms with Crippen LogP contribution in [0.25, 0.3) is 0 Å². The summed E-state index contributed by atoms with van der Waals surface area (Å²) >= 11 is 5.95. The van der Waals surface area contributed by atoms with Gasteiger partial charge in [-0.1, -0.05) is 48.9 Å². The molecule has 0 fully saturated rings. The van der Waals surface area contributed by atoms with Crippen molar-refractivity contribution >= 4 is 33.2 Å². The van der Waals surface area contributed by atoms with Crippen molar-refractivity contribution in [2.45, 2.75) is 51.6 Å². The van der Waals surface area contributed by atoms with E-state index < -0.39 is 10.0 Å². The van der Waals surface area contributed by atoms with Crippen molar-refractivity contribution in [1.29, 1.82) is 0 Å². The molecule has 1 amide bonds. The van der Waals surface area contributed by atoms with Gasteiger partial charge in [0.1, 0.15) is 0 Å². The summed E-state index contributed by atoms with van der Waals surface area (Å²) in [6.07, 6.45) is 6.65. The number of halogens is 1. The molecule has 0 spiro atoms. The van der Waals surface area contributed by atoms with Gasteiger partial charge in [-0.2, -0.15) is 0 Å². The van der Waals surface area contributed by atoms with Gasteiger partial charge in [-0.15, -0.1) is 0 Å². The third-order valence-corrected chi connectivity index (χ3v) is 7.94. The lowest BCUT2D eigenvalue weighted by Gasteiger charge is -2.23. The predicted octanol–water partition coefficient (Wildman–Crippen LogP) is 6.07. The highest BCUT2D eigenvalue weighted by atomic mass is 35.5. The van der Waals surface area contributed by atoms with Crippen LogP contribution in [-0.4, -0.2) is 20.6 Å². The Morgan fingerprint density at radius 3 is 2.26 bits per heavy atom. The highest BCUT2D eigenvalue weighted by Gasteiger charge is 2.20. The van der Waals surface area contributed by atoms with Crippen LogP contribution >= 0.6 is 11.6 Å². The molecule has 0 bridgehead atoms. The van der Waals surface area contributed by atoms with Crippen LogP contribution in [0.4, 0.5) is 5.69 Å². The van der Waals surface area contributed by atoms with E-state index in [1.165, 1.54) is 34.5 Å². The molecule has 184 valence electrons. The van der Waals surface area contributed by atoms with E-state index >= 15 is 0 Å². The van der Waals surface area contributed by atoms with Crippen LogP contribution in [-0.2, 0) is 29.4 Å². The van der Waals surface area contributed by atoms with Gasteiger partial charge in [-0.05, 0) is 90.8 Å². The lowest BCUT2D eigenvalue weighted by Crippen LogP contribution is -2.30. The first kappa shape index (κ1) is 25.3. The van der Waals surface area contributed by atoms with Gasteiger partial charge in [0.2, 0.25) is 10.0 Å². The number of nitrogens with one attached hydrogen (secondary N) is 1. The van der Waals surface area contributed by atoms with Crippen molar-refractivity contribution in [3.63, 3.8) is 0 Å². The van der Waals surface area contributed by atoms with Crippen LogP contribution in [0.15, 0.2) is 66.7 Å². The maximum absolute atomic E-state index is 13.0. The maximum Gasteiger partial charge on any atom is 0.251 e. The monoisotopic (exact) mass is 510 g/mol. The second-order valence-electron chi connectivity index (χ2n) is 9.11. The molecule has 3 aromatic rings. The zero-order valence-electron chi connectivity index (χ0n) is 20.1. The fraction of sp³-hybridized carbons (Fsp3) is 0.321. The van der Waals surface area contributed by atoms with Gasteiger partial charge in [0, 0.05) is 10.6 Å². The SMILES string of the molecule is CC[C@@H](NC(=O)c1ccc(N(Cc2ccc(Cl)cc2)S(C)(=O)=O)cc1)c1ccc2c(c1)CCCC2. The van der Waals surface area contributed by atoms with Crippen LogP contribution in [0.5, 0.6) is 0 Å². The second kappa shape index (κ2) is 10.8. The molecule has 0 unspecified atom stereocenters. The Morgan fingerprint density at radius 2 is 1.63 bits per heavy atom. The molecule has 5 nitrogen and oxygen atoms in total. The number of carbonyl (C=O) groups excluding carboxylic acids is 1. The third-order valence-electron chi connectivity index (χ3n) is 6.55. The highest BCUT2D eigenvalue weighted by Crippen LogP contribution is 2.27. The van der Waals surface area contributed by atoms with E-state index in [2.05, 4.69) is 30.4 Å². The Hall–Kier alpha value is -2.83. The van der Waals surface area contributed by atoms with E-state index in [1.807, 2.05) is 0 Å². The lowest BCUT2D eigenvalue weighted by atomic mass is 9.88. The summed E-state index contributed by atoms with van der Waals surface area (Å²) in [4.78, 5) is 13.0. The number of anilines is 1. The fourth-order valence-electron chi connectivity index (χ4n) is 4.57. The van der Waals surface area contributed by atoms with Gasteiger partial charge in [0.05, 0.1) is 24.5 Å². The van der Waals surface area contributed by atoms with Gasteiger partial charge in [-0.25, -0.2) is 8.42 Å². The van der Waals surface area contributed by atoms with Gasteiger partial charge < -0.3 is 5.32 Å². The van der Waals surface area contributed by atoms with Crippen LogP contribution < -0.4 is 9.62 Å². The molecular weight excluding hydrogens is 480 g/mol. The Morgan fingerprint density at radius 1 is 0.971 bits per heavy atom. The summed E-state index contributed by atoms with van der Waals surface area (Å²) < 4.78 is 26.3. The molecule has 1 atom stereocenters. The Bertz CT molecular complexity index is 1290. The minimum absolute atomic E-state index is 0.0770. The zero-order valence-corrected chi connectivity index (χ0v) is 21.7. The molecule has 0 aliphatic heterocycles. The van der Waals surface area contributed by atoms with Crippen molar-refractivity contribution in [3.05, 3.63) is 99.6 Å². The third kappa shape index (κ3) is 6.24. The molecule has 7 heteroatoms. The molecule has 1 aliphatic carbocycles. The summed E-state index contributed by atoms with van der Waals surface area (Å²) in [5.74, 6) is -0.176. The maximum atomic E-state index is 13.0. The molecule has 35 heavy (non-hydrogen) atoms. The van der Waals surface area contributed by atoms with Crippen LogP contribution in [0.3, 0.4) is 0 Å². The van der Waals surface area contributed by atoms with E-state index in [1.54, 1.807) is 48.5 Å². The minimum Gasteiger partial charge on any atom is -0.345 e. The first-order valence-electron chi connectivity index (χ1n) is 12.0. The molecular formula is C28H31ClN2O3S. The molecule has 0 aromatic heterocycles. The molecule has 3 aromatic carbocycles. The van der Waals surface area contributed by atoms with Crippen molar-refractivity contribution < 1.29 is 13.2 Å². The smallest absolute Gasteiger partial charge is 0.251 e. The second-order valence-corrected chi connectivity index (χ2v) is 11.5. The number of rotatable bonds is 8. The van der Waals surface area contributed by atoms with Gasteiger partial charge >= 0.3 is 0 Å². The summed E-state index contributed by atoms with van der Waals surface area (Å²) in [7, 11) is -3.53. The van der Waals surface area contributed by atoms with Crippen LogP contribution in [0.2, 0.25) is 5.02 Å². The quantitative estimate of drug-likeness (QED) is 0.400. The molecule has 0 radical (unpaired) electrons. The Kier molecular flexibility index (Phi) is 7.82. The number of hydrogen-bond acceptors (Lipinski definition) is 3. The number of nitrogens with zero attached hydrogens (tertiary/aromatic N) is 1. The number of hydrogen-bond donors (Lipinski definition) is 1. The van der Waals surface area contributed by atoms with Crippen LogP contribution in [0, 0.1) is 0 Å². The Balaban J connectivity index is 1.49.